The van der Waals surface area contributed by atoms with Gasteiger partial charge in [0.2, 0.25) is 0 Å². The van der Waals surface area contributed by atoms with Crippen molar-refractivity contribution >= 4 is 5.97 Å². The fourth-order valence-electron chi connectivity index (χ4n) is 4.46. The molecule has 4 heteroatoms. The molecular formula is C35H46O4. The molecule has 3 aromatic rings. The summed E-state index contributed by atoms with van der Waals surface area (Å²) in [6, 6.07) is 22.9. The normalized spacial score (nSPS) is 10.8. The molecule has 0 aromatic heterocycles. The number of carbonyl (C=O) groups is 1. The largest absolute Gasteiger partial charge is 0.494 e. The molecule has 0 heterocycles. The van der Waals surface area contributed by atoms with Gasteiger partial charge in [0.25, 0.3) is 0 Å². The third-order valence-corrected chi connectivity index (χ3v) is 6.88. The topological polar surface area (TPSA) is 44.8 Å². The second-order valence-electron chi connectivity index (χ2n) is 10.2. The van der Waals surface area contributed by atoms with Gasteiger partial charge in [-0.1, -0.05) is 102 Å². The Hall–Kier alpha value is -3.27. The third kappa shape index (κ3) is 11.6. The van der Waals surface area contributed by atoms with Gasteiger partial charge in [-0.2, -0.15) is 0 Å². The number of hydrogen-bond donors (Lipinski definition) is 0. The molecule has 0 aliphatic rings. The lowest BCUT2D eigenvalue weighted by atomic mass is 10.0. The van der Waals surface area contributed by atoms with Gasteiger partial charge in [-0.3, -0.25) is 0 Å². The summed E-state index contributed by atoms with van der Waals surface area (Å²) < 4.78 is 17.3. The van der Waals surface area contributed by atoms with E-state index in [0.717, 1.165) is 42.1 Å². The number of esters is 1. The lowest BCUT2D eigenvalue weighted by Gasteiger charge is -2.09. The molecule has 0 aliphatic carbocycles. The minimum absolute atomic E-state index is 0.374. The standard InChI is InChI=1S/C35H46O4/c1-3-5-7-9-11-13-27-37-32-21-19-30(20-22-32)29-15-17-31(18-16-29)35(36)39-34-25-23-33(24-26-34)38-28-14-12-10-8-6-4-2/h15-26H,3-14,27-28H2,1-2H3. The van der Waals surface area contributed by atoms with Gasteiger partial charge in [-0.25, -0.2) is 4.79 Å². The molecule has 0 N–H and O–H groups in total. The molecule has 210 valence electrons. The van der Waals surface area contributed by atoms with Crippen molar-refractivity contribution in [3.8, 4) is 28.4 Å². The van der Waals surface area contributed by atoms with Gasteiger partial charge in [0, 0.05) is 0 Å². The SMILES string of the molecule is CCCCCCCCOc1ccc(OC(=O)c2ccc(-c3ccc(OCCCCCCCC)cc3)cc2)cc1. The lowest BCUT2D eigenvalue weighted by Crippen LogP contribution is -2.08. The van der Waals surface area contributed by atoms with E-state index in [0.29, 0.717) is 17.9 Å². The van der Waals surface area contributed by atoms with Crippen LogP contribution in [0, 0.1) is 0 Å². The molecule has 0 fully saturated rings. The highest BCUT2D eigenvalue weighted by Crippen LogP contribution is 2.24. The fraction of sp³-hybridized carbons (Fsp3) is 0.457. The smallest absolute Gasteiger partial charge is 0.343 e. The van der Waals surface area contributed by atoms with Crippen molar-refractivity contribution in [2.75, 3.05) is 13.2 Å². The second kappa shape index (κ2) is 18.1. The molecule has 0 unspecified atom stereocenters. The average molecular weight is 531 g/mol. The molecule has 3 aromatic carbocycles. The van der Waals surface area contributed by atoms with Gasteiger partial charge in [0.05, 0.1) is 18.8 Å². The van der Waals surface area contributed by atoms with Crippen LogP contribution in [0.2, 0.25) is 0 Å². The highest BCUT2D eigenvalue weighted by molar-refractivity contribution is 5.91. The fourth-order valence-corrected chi connectivity index (χ4v) is 4.46. The number of rotatable bonds is 19. The van der Waals surface area contributed by atoms with Crippen LogP contribution in [-0.4, -0.2) is 19.2 Å². The van der Waals surface area contributed by atoms with Crippen molar-refractivity contribution in [1.29, 1.82) is 0 Å². The van der Waals surface area contributed by atoms with Gasteiger partial charge < -0.3 is 14.2 Å². The number of hydrogen-bond acceptors (Lipinski definition) is 4. The van der Waals surface area contributed by atoms with Crippen molar-refractivity contribution in [3.63, 3.8) is 0 Å². The van der Waals surface area contributed by atoms with Crippen molar-refractivity contribution in [2.24, 2.45) is 0 Å². The molecule has 0 atom stereocenters. The molecule has 0 spiro atoms. The predicted octanol–water partition coefficient (Wildman–Crippen LogP) is 10.1. The van der Waals surface area contributed by atoms with E-state index in [-0.39, 0.29) is 5.97 Å². The average Bonchev–Trinajstić information content (AvgIpc) is 2.97. The Balaban J connectivity index is 1.39. The maximum Gasteiger partial charge on any atom is 0.343 e. The summed E-state index contributed by atoms with van der Waals surface area (Å²) in [7, 11) is 0. The van der Waals surface area contributed by atoms with E-state index >= 15 is 0 Å². The second-order valence-corrected chi connectivity index (χ2v) is 10.2. The summed E-state index contributed by atoms with van der Waals surface area (Å²) in [6.45, 7) is 5.95. The Morgan fingerprint density at radius 2 is 0.872 bits per heavy atom. The molecular weight excluding hydrogens is 484 g/mol. The van der Waals surface area contributed by atoms with Crippen LogP contribution in [0.15, 0.2) is 72.8 Å². The summed E-state index contributed by atoms with van der Waals surface area (Å²) in [5, 5.41) is 0. The number of unbranched alkanes of at least 4 members (excludes halogenated alkanes) is 10. The molecule has 0 bridgehead atoms. The monoisotopic (exact) mass is 530 g/mol. The molecule has 0 saturated heterocycles. The Labute approximate surface area is 235 Å². The van der Waals surface area contributed by atoms with Gasteiger partial charge in [-0.05, 0) is 72.5 Å². The first-order chi connectivity index (χ1) is 19.2. The maximum absolute atomic E-state index is 12.6. The molecule has 4 nitrogen and oxygen atoms in total. The Morgan fingerprint density at radius 3 is 1.36 bits per heavy atom. The van der Waals surface area contributed by atoms with Gasteiger partial charge >= 0.3 is 5.97 Å². The van der Waals surface area contributed by atoms with E-state index in [1.54, 1.807) is 24.3 Å². The van der Waals surface area contributed by atoms with Crippen LogP contribution in [0.25, 0.3) is 11.1 Å². The highest BCUT2D eigenvalue weighted by Gasteiger charge is 2.10. The Morgan fingerprint density at radius 1 is 0.487 bits per heavy atom. The zero-order chi connectivity index (χ0) is 27.5. The number of benzene rings is 3. The van der Waals surface area contributed by atoms with Crippen molar-refractivity contribution < 1.29 is 19.0 Å². The van der Waals surface area contributed by atoms with Gasteiger partial charge in [-0.15, -0.1) is 0 Å². The number of ether oxygens (including phenoxy) is 3. The summed E-state index contributed by atoms with van der Waals surface area (Å²) in [6.07, 6.45) is 15.0. The summed E-state index contributed by atoms with van der Waals surface area (Å²) in [5.74, 6) is 1.83. The van der Waals surface area contributed by atoms with Crippen LogP contribution < -0.4 is 14.2 Å². The molecule has 0 amide bonds. The van der Waals surface area contributed by atoms with Crippen LogP contribution in [0.3, 0.4) is 0 Å². The van der Waals surface area contributed by atoms with Crippen LogP contribution in [-0.2, 0) is 0 Å². The molecule has 3 rings (SSSR count). The van der Waals surface area contributed by atoms with Crippen LogP contribution in [0.5, 0.6) is 17.2 Å². The van der Waals surface area contributed by atoms with Crippen LogP contribution in [0.4, 0.5) is 0 Å². The summed E-state index contributed by atoms with van der Waals surface area (Å²) >= 11 is 0. The van der Waals surface area contributed by atoms with Gasteiger partial charge in [0.15, 0.2) is 0 Å². The Kier molecular flexibility index (Phi) is 14.0. The highest BCUT2D eigenvalue weighted by atomic mass is 16.5. The lowest BCUT2D eigenvalue weighted by molar-refractivity contribution is 0.0734. The van der Waals surface area contributed by atoms with E-state index < -0.39 is 0 Å². The van der Waals surface area contributed by atoms with E-state index in [2.05, 4.69) is 26.0 Å². The van der Waals surface area contributed by atoms with Crippen molar-refractivity contribution in [3.05, 3.63) is 78.4 Å². The van der Waals surface area contributed by atoms with E-state index in [4.69, 9.17) is 14.2 Å². The first-order valence-corrected chi connectivity index (χ1v) is 15.0. The number of carbonyl (C=O) groups excluding carboxylic acids is 1. The van der Waals surface area contributed by atoms with Gasteiger partial charge in [0.1, 0.15) is 17.2 Å². The summed E-state index contributed by atoms with van der Waals surface area (Å²) in [5.41, 5.74) is 2.64. The van der Waals surface area contributed by atoms with Crippen molar-refractivity contribution in [2.45, 2.75) is 90.9 Å². The molecule has 39 heavy (non-hydrogen) atoms. The van der Waals surface area contributed by atoms with E-state index in [9.17, 15) is 4.79 Å². The first-order valence-electron chi connectivity index (χ1n) is 15.0. The van der Waals surface area contributed by atoms with E-state index in [1.807, 2.05) is 36.4 Å². The van der Waals surface area contributed by atoms with Crippen LogP contribution in [0.1, 0.15) is 101 Å². The maximum atomic E-state index is 12.6. The molecule has 0 saturated carbocycles. The summed E-state index contributed by atoms with van der Waals surface area (Å²) in [4.78, 5) is 12.6. The zero-order valence-corrected chi connectivity index (χ0v) is 24.0. The zero-order valence-electron chi connectivity index (χ0n) is 24.0. The first kappa shape index (κ1) is 30.3. The predicted molar refractivity (Wildman–Crippen MR) is 161 cm³/mol. The van der Waals surface area contributed by atoms with Crippen molar-refractivity contribution in [1.82, 2.24) is 0 Å². The minimum Gasteiger partial charge on any atom is -0.494 e. The Bertz CT molecular complexity index is 1060. The van der Waals surface area contributed by atoms with E-state index in [1.165, 1.54) is 64.2 Å². The molecule has 0 radical (unpaired) electrons. The van der Waals surface area contributed by atoms with Crippen LogP contribution >= 0.6 is 0 Å². The quantitative estimate of drug-likeness (QED) is 0.0878. The molecule has 0 aliphatic heterocycles. The third-order valence-electron chi connectivity index (χ3n) is 6.88. The minimum atomic E-state index is -0.374.